The molecule has 0 heterocycles. The van der Waals surface area contributed by atoms with E-state index in [4.69, 9.17) is 0 Å². The lowest BCUT2D eigenvalue weighted by atomic mass is 9.93. The van der Waals surface area contributed by atoms with Crippen LogP contribution in [0, 0.1) is 13.8 Å². The monoisotopic (exact) mass is 336 g/mol. The van der Waals surface area contributed by atoms with Gasteiger partial charge in [0.25, 0.3) is 5.91 Å². The lowest BCUT2D eigenvalue weighted by Crippen LogP contribution is -2.29. The SMILES string of the molecule is Cc1ccc(C2(C(=O)Nc3cccc(C(=O)N(C)C)c3C)CC2)cc1. The highest BCUT2D eigenvalue weighted by molar-refractivity contribution is 6.03. The van der Waals surface area contributed by atoms with Crippen LogP contribution >= 0.6 is 0 Å². The molecule has 0 atom stereocenters. The van der Waals surface area contributed by atoms with E-state index in [2.05, 4.69) is 5.32 Å². The zero-order valence-electron chi connectivity index (χ0n) is 15.2. The number of amides is 2. The van der Waals surface area contributed by atoms with Crippen LogP contribution in [0.5, 0.6) is 0 Å². The number of benzene rings is 2. The molecule has 4 nitrogen and oxygen atoms in total. The molecule has 3 rings (SSSR count). The molecule has 25 heavy (non-hydrogen) atoms. The van der Waals surface area contributed by atoms with E-state index >= 15 is 0 Å². The number of anilines is 1. The van der Waals surface area contributed by atoms with Gasteiger partial charge in [0.05, 0.1) is 5.41 Å². The molecule has 0 aromatic heterocycles. The molecule has 2 amide bonds. The Bertz CT molecular complexity index is 818. The first-order valence-electron chi connectivity index (χ1n) is 8.55. The summed E-state index contributed by atoms with van der Waals surface area (Å²) >= 11 is 0. The van der Waals surface area contributed by atoms with E-state index in [-0.39, 0.29) is 11.8 Å². The van der Waals surface area contributed by atoms with Crippen LogP contribution < -0.4 is 5.32 Å². The highest BCUT2D eigenvalue weighted by Gasteiger charge is 2.51. The van der Waals surface area contributed by atoms with Crippen molar-refractivity contribution in [3.8, 4) is 0 Å². The summed E-state index contributed by atoms with van der Waals surface area (Å²) in [6.07, 6.45) is 1.72. The van der Waals surface area contributed by atoms with E-state index in [0.717, 1.165) is 24.0 Å². The second kappa shape index (κ2) is 6.36. The molecule has 0 unspecified atom stereocenters. The summed E-state index contributed by atoms with van der Waals surface area (Å²) in [5, 5.41) is 3.05. The summed E-state index contributed by atoms with van der Waals surface area (Å²) in [6.45, 7) is 3.91. The maximum absolute atomic E-state index is 12.9. The quantitative estimate of drug-likeness (QED) is 0.926. The van der Waals surface area contributed by atoms with Crippen molar-refractivity contribution in [2.75, 3.05) is 19.4 Å². The van der Waals surface area contributed by atoms with Crippen molar-refractivity contribution in [3.63, 3.8) is 0 Å². The molecule has 4 heteroatoms. The summed E-state index contributed by atoms with van der Waals surface area (Å²) in [6, 6.07) is 13.6. The minimum absolute atomic E-state index is 0.00825. The zero-order chi connectivity index (χ0) is 18.2. The predicted molar refractivity (Wildman–Crippen MR) is 99.9 cm³/mol. The minimum atomic E-state index is -0.429. The average molecular weight is 336 g/mol. The van der Waals surface area contributed by atoms with Crippen LogP contribution in [0.1, 0.15) is 39.9 Å². The van der Waals surface area contributed by atoms with E-state index < -0.39 is 5.41 Å². The lowest BCUT2D eigenvalue weighted by Gasteiger charge is -2.19. The Morgan fingerprint density at radius 1 is 1.00 bits per heavy atom. The topological polar surface area (TPSA) is 49.4 Å². The number of rotatable bonds is 4. The molecule has 0 saturated heterocycles. The van der Waals surface area contributed by atoms with Crippen LogP contribution in [-0.2, 0) is 10.2 Å². The first kappa shape index (κ1) is 17.2. The van der Waals surface area contributed by atoms with Crippen LogP contribution in [0.2, 0.25) is 0 Å². The Labute approximate surface area is 148 Å². The van der Waals surface area contributed by atoms with Gasteiger partial charge in [0.2, 0.25) is 5.91 Å². The molecule has 1 saturated carbocycles. The number of carbonyl (C=O) groups excluding carboxylic acids is 2. The standard InChI is InChI=1S/C21H24N2O2/c1-14-8-10-16(11-9-14)21(12-13-21)20(25)22-18-7-5-6-17(15(18)2)19(24)23(3)4/h5-11H,12-13H2,1-4H3,(H,22,25). The van der Waals surface area contributed by atoms with Gasteiger partial charge in [-0.05, 0) is 49.9 Å². The van der Waals surface area contributed by atoms with Crippen LogP contribution in [0.15, 0.2) is 42.5 Å². The number of aryl methyl sites for hydroxylation is 1. The average Bonchev–Trinajstić information content (AvgIpc) is 3.38. The van der Waals surface area contributed by atoms with Crippen molar-refractivity contribution in [2.45, 2.75) is 32.1 Å². The molecule has 130 valence electrons. The Kier molecular flexibility index (Phi) is 4.38. The Morgan fingerprint density at radius 3 is 2.20 bits per heavy atom. The summed E-state index contributed by atoms with van der Waals surface area (Å²) in [7, 11) is 3.45. The third-order valence-electron chi connectivity index (χ3n) is 5.01. The molecule has 1 fully saturated rings. The summed E-state index contributed by atoms with van der Waals surface area (Å²) < 4.78 is 0. The minimum Gasteiger partial charge on any atom is -0.345 e. The summed E-state index contributed by atoms with van der Waals surface area (Å²) in [5.74, 6) is -0.0535. The maximum atomic E-state index is 12.9. The molecule has 1 aliphatic rings. The van der Waals surface area contributed by atoms with Gasteiger partial charge in [0.1, 0.15) is 0 Å². The molecule has 0 radical (unpaired) electrons. The van der Waals surface area contributed by atoms with Crippen molar-refractivity contribution in [1.29, 1.82) is 0 Å². The Balaban J connectivity index is 1.85. The van der Waals surface area contributed by atoms with E-state index in [1.54, 1.807) is 25.1 Å². The molecule has 2 aromatic carbocycles. The summed E-state index contributed by atoms with van der Waals surface area (Å²) in [4.78, 5) is 26.8. The van der Waals surface area contributed by atoms with Gasteiger partial charge in [-0.15, -0.1) is 0 Å². The van der Waals surface area contributed by atoms with Gasteiger partial charge >= 0.3 is 0 Å². The molecule has 1 N–H and O–H groups in total. The molecule has 0 aliphatic heterocycles. The first-order valence-corrected chi connectivity index (χ1v) is 8.55. The molecule has 2 aromatic rings. The van der Waals surface area contributed by atoms with Crippen molar-refractivity contribution in [1.82, 2.24) is 4.90 Å². The number of nitrogens with one attached hydrogen (secondary N) is 1. The maximum Gasteiger partial charge on any atom is 0.253 e. The van der Waals surface area contributed by atoms with Gasteiger partial charge in [0, 0.05) is 25.3 Å². The number of hydrogen-bond acceptors (Lipinski definition) is 2. The summed E-state index contributed by atoms with van der Waals surface area (Å²) in [5.41, 5.74) is 3.94. The molecular formula is C21H24N2O2. The Hall–Kier alpha value is -2.62. The fourth-order valence-corrected chi connectivity index (χ4v) is 3.13. The first-order chi connectivity index (χ1) is 11.8. The van der Waals surface area contributed by atoms with Crippen molar-refractivity contribution < 1.29 is 9.59 Å². The van der Waals surface area contributed by atoms with Gasteiger partial charge in [-0.25, -0.2) is 0 Å². The number of nitrogens with zero attached hydrogens (tertiary/aromatic N) is 1. The van der Waals surface area contributed by atoms with Gasteiger partial charge in [0.15, 0.2) is 0 Å². The third kappa shape index (κ3) is 3.16. The van der Waals surface area contributed by atoms with E-state index in [9.17, 15) is 9.59 Å². The molecule has 0 spiro atoms. The number of hydrogen-bond donors (Lipinski definition) is 1. The fraction of sp³-hybridized carbons (Fsp3) is 0.333. The van der Waals surface area contributed by atoms with E-state index in [1.807, 2.05) is 50.2 Å². The lowest BCUT2D eigenvalue weighted by molar-refractivity contribution is -0.118. The Morgan fingerprint density at radius 2 is 1.64 bits per heavy atom. The smallest absolute Gasteiger partial charge is 0.253 e. The van der Waals surface area contributed by atoms with Crippen molar-refractivity contribution >= 4 is 17.5 Å². The van der Waals surface area contributed by atoms with Gasteiger partial charge in [-0.1, -0.05) is 35.9 Å². The largest absolute Gasteiger partial charge is 0.345 e. The van der Waals surface area contributed by atoms with Crippen LogP contribution in [0.4, 0.5) is 5.69 Å². The van der Waals surface area contributed by atoms with E-state index in [1.165, 1.54) is 5.56 Å². The molecular weight excluding hydrogens is 312 g/mol. The third-order valence-corrected chi connectivity index (χ3v) is 5.01. The fourth-order valence-electron chi connectivity index (χ4n) is 3.13. The normalized spacial score (nSPS) is 14.7. The van der Waals surface area contributed by atoms with Crippen LogP contribution in [-0.4, -0.2) is 30.8 Å². The van der Waals surface area contributed by atoms with Gasteiger partial charge in [-0.3, -0.25) is 9.59 Å². The highest BCUT2D eigenvalue weighted by atomic mass is 16.2. The van der Waals surface area contributed by atoms with Crippen molar-refractivity contribution in [3.05, 3.63) is 64.7 Å². The van der Waals surface area contributed by atoms with Crippen LogP contribution in [0.3, 0.4) is 0 Å². The molecule has 1 aliphatic carbocycles. The highest BCUT2D eigenvalue weighted by Crippen LogP contribution is 2.49. The number of carbonyl (C=O) groups is 2. The van der Waals surface area contributed by atoms with Gasteiger partial charge in [-0.2, -0.15) is 0 Å². The van der Waals surface area contributed by atoms with Crippen molar-refractivity contribution in [2.24, 2.45) is 0 Å². The van der Waals surface area contributed by atoms with Gasteiger partial charge < -0.3 is 10.2 Å². The predicted octanol–water partition coefficient (Wildman–Crippen LogP) is 3.68. The van der Waals surface area contributed by atoms with Crippen LogP contribution in [0.25, 0.3) is 0 Å². The second-order valence-electron chi connectivity index (χ2n) is 7.08. The van der Waals surface area contributed by atoms with E-state index in [0.29, 0.717) is 11.3 Å². The zero-order valence-corrected chi connectivity index (χ0v) is 15.2. The molecule has 0 bridgehead atoms. The second-order valence-corrected chi connectivity index (χ2v) is 7.08.